The molecule has 0 aromatic carbocycles. The lowest BCUT2D eigenvalue weighted by molar-refractivity contribution is 0.353. The zero-order valence-corrected chi connectivity index (χ0v) is 12.9. The molecule has 0 saturated carbocycles. The molecule has 0 spiro atoms. The Morgan fingerprint density at radius 2 is 1.88 bits per heavy atom. The maximum Gasteiger partial charge on any atom is 0.217 e. The van der Waals surface area contributed by atoms with E-state index >= 15 is 0 Å². The molecule has 96 valence electrons. The highest BCUT2D eigenvalue weighted by Crippen LogP contribution is 2.61. The Hall–Kier alpha value is 0.500. The van der Waals surface area contributed by atoms with E-state index in [1.54, 1.807) is 13.8 Å². The summed E-state index contributed by atoms with van der Waals surface area (Å²) in [4.78, 5) is 0.0539. The van der Waals surface area contributed by atoms with Gasteiger partial charge in [0.15, 0.2) is 0 Å². The van der Waals surface area contributed by atoms with Crippen LogP contribution in [0.25, 0.3) is 0 Å². The molecule has 1 heterocycles. The Labute approximate surface area is 104 Å². The van der Waals surface area contributed by atoms with E-state index in [4.69, 9.17) is 4.52 Å². The van der Waals surface area contributed by atoms with Crippen LogP contribution >= 0.6 is 19.1 Å². The molecule has 1 rings (SSSR count). The quantitative estimate of drug-likeness (QED) is 0.790. The third kappa shape index (κ3) is 2.50. The lowest BCUT2D eigenvalue weighted by Gasteiger charge is -2.29. The van der Waals surface area contributed by atoms with Gasteiger partial charge in [-0.25, -0.2) is 0 Å². The molecule has 16 heavy (non-hydrogen) atoms. The predicted octanol–water partition coefficient (Wildman–Crippen LogP) is 3.50. The second-order valence-corrected chi connectivity index (χ2v) is 9.78. The standard InChI is InChI=1S/C11H24NO2PS/c1-7-11(8-2)12-9(10(3,4)16-11)15(6,13)14-5/h9,12H,7-8H2,1-6H3. The van der Waals surface area contributed by atoms with Gasteiger partial charge >= 0.3 is 0 Å². The summed E-state index contributed by atoms with van der Waals surface area (Å²) in [5.74, 6) is -0.0603. The first-order chi connectivity index (χ1) is 7.23. The van der Waals surface area contributed by atoms with Crippen molar-refractivity contribution in [3.63, 3.8) is 0 Å². The van der Waals surface area contributed by atoms with E-state index in [1.807, 2.05) is 11.8 Å². The van der Waals surface area contributed by atoms with E-state index in [0.717, 1.165) is 12.8 Å². The summed E-state index contributed by atoms with van der Waals surface area (Å²) in [5.41, 5.74) is 0. The smallest absolute Gasteiger partial charge is 0.217 e. The van der Waals surface area contributed by atoms with Crippen molar-refractivity contribution in [2.45, 2.75) is 55.9 Å². The lowest BCUT2D eigenvalue weighted by atomic mass is 10.1. The van der Waals surface area contributed by atoms with Crippen LogP contribution in [0.15, 0.2) is 0 Å². The second-order valence-electron chi connectivity index (χ2n) is 5.05. The van der Waals surface area contributed by atoms with Crippen LogP contribution in [-0.4, -0.2) is 29.2 Å². The first-order valence-corrected chi connectivity index (χ1v) is 8.79. The fraction of sp³-hybridized carbons (Fsp3) is 1.00. The summed E-state index contributed by atoms with van der Waals surface area (Å²) < 4.78 is 17.6. The van der Waals surface area contributed by atoms with Gasteiger partial charge in [-0.3, -0.25) is 9.88 Å². The summed E-state index contributed by atoms with van der Waals surface area (Å²) in [6, 6.07) is 0. The monoisotopic (exact) mass is 265 g/mol. The molecule has 2 unspecified atom stereocenters. The number of rotatable bonds is 4. The maximum absolute atomic E-state index is 12.4. The van der Waals surface area contributed by atoms with E-state index in [-0.39, 0.29) is 15.4 Å². The van der Waals surface area contributed by atoms with E-state index in [9.17, 15) is 4.57 Å². The molecule has 1 N–H and O–H groups in total. The third-order valence-corrected chi connectivity index (χ3v) is 7.95. The molecule has 0 aromatic rings. The van der Waals surface area contributed by atoms with Gasteiger partial charge in [-0.05, 0) is 26.7 Å². The zero-order valence-electron chi connectivity index (χ0n) is 11.2. The van der Waals surface area contributed by atoms with Gasteiger partial charge in [0.2, 0.25) is 7.37 Å². The molecule has 0 bridgehead atoms. The number of thioether (sulfide) groups is 1. The van der Waals surface area contributed by atoms with Gasteiger partial charge in [-0.15, -0.1) is 11.8 Å². The van der Waals surface area contributed by atoms with Crippen LogP contribution in [0, 0.1) is 0 Å². The fourth-order valence-corrected chi connectivity index (χ4v) is 6.68. The van der Waals surface area contributed by atoms with Gasteiger partial charge in [0.1, 0.15) is 0 Å². The van der Waals surface area contributed by atoms with E-state index < -0.39 is 7.37 Å². The molecular weight excluding hydrogens is 241 g/mol. The summed E-state index contributed by atoms with van der Waals surface area (Å²) in [5, 5.41) is 3.56. The number of nitrogens with one attached hydrogen (secondary N) is 1. The highest BCUT2D eigenvalue weighted by molar-refractivity contribution is 8.02. The van der Waals surface area contributed by atoms with Crippen molar-refractivity contribution in [2.24, 2.45) is 0 Å². The Balaban J connectivity index is 3.02. The Kier molecular flexibility index (Phi) is 4.22. The van der Waals surface area contributed by atoms with E-state index in [0.29, 0.717) is 0 Å². The van der Waals surface area contributed by atoms with Crippen molar-refractivity contribution in [3.8, 4) is 0 Å². The molecule has 5 heteroatoms. The van der Waals surface area contributed by atoms with Crippen LogP contribution in [0.4, 0.5) is 0 Å². The fourth-order valence-electron chi connectivity index (χ4n) is 2.40. The topological polar surface area (TPSA) is 38.3 Å². The molecule has 2 atom stereocenters. The van der Waals surface area contributed by atoms with Gasteiger partial charge < -0.3 is 4.52 Å². The lowest BCUT2D eigenvalue weighted by Crippen LogP contribution is -2.43. The first kappa shape index (κ1) is 14.6. The van der Waals surface area contributed by atoms with Crippen LogP contribution in [0.1, 0.15) is 40.5 Å². The molecule has 1 aliphatic rings. The van der Waals surface area contributed by atoms with E-state index in [1.165, 1.54) is 0 Å². The van der Waals surface area contributed by atoms with Crippen LogP contribution < -0.4 is 5.32 Å². The van der Waals surface area contributed by atoms with Crippen molar-refractivity contribution in [1.82, 2.24) is 5.32 Å². The SMILES string of the molecule is CCC1(CC)NC(P(C)(=O)OC)C(C)(C)S1. The molecule has 0 amide bonds. The summed E-state index contributed by atoms with van der Waals surface area (Å²) in [6.45, 7) is 10.4. The van der Waals surface area contributed by atoms with Gasteiger partial charge in [0, 0.05) is 18.5 Å². The molecule has 3 nitrogen and oxygen atoms in total. The molecule has 1 fully saturated rings. The number of hydrogen-bond acceptors (Lipinski definition) is 4. The molecule has 0 radical (unpaired) electrons. The molecular formula is C11H24NO2PS. The predicted molar refractivity (Wildman–Crippen MR) is 72.4 cm³/mol. The van der Waals surface area contributed by atoms with Crippen molar-refractivity contribution >= 4 is 19.1 Å². The highest BCUT2D eigenvalue weighted by Gasteiger charge is 2.54. The van der Waals surface area contributed by atoms with Crippen molar-refractivity contribution in [1.29, 1.82) is 0 Å². The normalized spacial score (nSPS) is 31.2. The number of hydrogen-bond donors (Lipinski definition) is 1. The van der Waals surface area contributed by atoms with E-state index in [2.05, 4.69) is 33.0 Å². The van der Waals surface area contributed by atoms with Crippen LogP contribution in [0.3, 0.4) is 0 Å². The van der Waals surface area contributed by atoms with Crippen molar-refractivity contribution in [3.05, 3.63) is 0 Å². The summed E-state index contributed by atoms with van der Waals surface area (Å²) >= 11 is 1.90. The largest absolute Gasteiger partial charge is 0.331 e. The maximum atomic E-state index is 12.4. The molecule has 1 aliphatic heterocycles. The van der Waals surface area contributed by atoms with Crippen LogP contribution in [0.2, 0.25) is 0 Å². The molecule has 1 saturated heterocycles. The Morgan fingerprint density at radius 1 is 1.38 bits per heavy atom. The average Bonchev–Trinajstić information content (AvgIpc) is 2.51. The minimum atomic E-state index is -2.58. The van der Waals surface area contributed by atoms with Gasteiger partial charge in [-0.2, -0.15) is 0 Å². The molecule has 0 aliphatic carbocycles. The van der Waals surface area contributed by atoms with Crippen molar-refractivity contribution < 1.29 is 9.09 Å². The van der Waals surface area contributed by atoms with Gasteiger partial charge in [0.25, 0.3) is 0 Å². The summed E-state index contributed by atoms with van der Waals surface area (Å²) in [7, 11) is -1.04. The van der Waals surface area contributed by atoms with Crippen LogP contribution in [0.5, 0.6) is 0 Å². The average molecular weight is 265 g/mol. The first-order valence-electron chi connectivity index (χ1n) is 5.84. The summed E-state index contributed by atoms with van der Waals surface area (Å²) in [6.07, 6.45) is 2.08. The minimum Gasteiger partial charge on any atom is -0.331 e. The zero-order chi connectivity index (χ0) is 12.6. The van der Waals surface area contributed by atoms with Crippen LogP contribution in [-0.2, 0) is 9.09 Å². The minimum absolute atomic E-state index is 0.0493. The highest BCUT2D eigenvalue weighted by atomic mass is 32.2. The van der Waals surface area contributed by atoms with Gasteiger partial charge in [0.05, 0.1) is 10.7 Å². The molecule has 0 aromatic heterocycles. The third-order valence-electron chi connectivity index (χ3n) is 3.49. The Bertz CT molecular complexity index is 302. The van der Waals surface area contributed by atoms with Gasteiger partial charge in [-0.1, -0.05) is 13.8 Å². The van der Waals surface area contributed by atoms with Crippen molar-refractivity contribution in [2.75, 3.05) is 13.8 Å². The second kappa shape index (κ2) is 4.64. The Morgan fingerprint density at radius 3 is 2.19 bits per heavy atom.